The van der Waals surface area contributed by atoms with Crippen molar-refractivity contribution in [2.24, 2.45) is 5.41 Å². The number of amides is 1. The average Bonchev–Trinajstić information content (AvgIpc) is 3.70. The lowest BCUT2D eigenvalue weighted by Gasteiger charge is -2.30. The number of H-pyrrole nitrogens is 1. The first-order chi connectivity index (χ1) is 23.2. The van der Waals surface area contributed by atoms with Crippen molar-refractivity contribution in [3.63, 3.8) is 0 Å². The molecule has 5 nitrogen and oxygen atoms in total. The maximum Gasteiger partial charge on any atom is 0.239 e. The van der Waals surface area contributed by atoms with Gasteiger partial charge in [0.25, 0.3) is 0 Å². The number of benzene rings is 4. The number of hydrogen-bond donors (Lipinski definition) is 1. The molecule has 3 heterocycles. The maximum absolute atomic E-state index is 14.9. The quantitative estimate of drug-likeness (QED) is 0.187. The lowest BCUT2D eigenvalue weighted by molar-refractivity contribution is -0.118. The van der Waals surface area contributed by atoms with Gasteiger partial charge in [0.2, 0.25) is 5.91 Å². The third-order valence-electron chi connectivity index (χ3n) is 10.2. The van der Waals surface area contributed by atoms with E-state index in [0.29, 0.717) is 24.5 Å². The highest BCUT2D eigenvalue weighted by molar-refractivity contribution is 6.31. The topological polar surface area (TPSA) is 58.1 Å². The summed E-state index contributed by atoms with van der Waals surface area (Å²) in [7, 11) is 0. The summed E-state index contributed by atoms with van der Waals surface area (Å²) in [5.74, 6) is -0.584. The minimum Gasteiger partial charge on any atom is -0.361 e. The molecule has 1 unspecified atom stereocenters. The van der Waals surface area contributed by atoms with Crippen LogP contribution in [0, 0.1) is 12.3 Å². The summed E-state index contributed by atoms with van der Waals surface area (Å²) in [5, 5.41) is 1.78. The second kappa shape index (κ2) is 11.7. The monoisotopic (exact) mass is 651 g/mol. The van der Waals surface area contributed by atoms with E-state index in [1.807, 2.05) is 59.5 Å². The van der Waals surface area contributed by atoms with Crippen LogP contribution in [0.25, 0.3) is 22.2 Å². The Morgan fingerprint density at radius 1 is 0.896 bits per heavy atom. The number of hydrogen-bond acceptors (Lipinski definition) is 2. The van der Waals surface area contributed by atoms with E-state index in [1.54, 1.807) is 0 Å². The zero-order valence-corrected chi connectivity index (χ0v) is 28.3. The van der Waals surface area contributed by atoms with Crippen LogP contribution in [0.2, 0.25) is 5.02 Å². The van der Waals surface area contributed by atoms with E-state index in [1.165, 1.54) is 10.9 Å². The van der Waals surface area contributed by atoms with E-state index in [0.717, 1.165) is 68.8 Å². The number of fused-ring (bicyclic) bond motifs is 3. The predicted octanol–water partition coefficient (Wildman–Crippen LogP) is 9.67. The van der Waals surface area contributed by atoms with E-state index in [4.69, 9.17) is 11.6 Å². The Balaban J connectivity index is 1.36. The van der Waals surface area contributed by atoms with Gasteiger partial charge < -0.3 is 14.5 Å². The van der Waals surface area contributed by atoms with Crippen LogP contribution in [-0.2, 0) is 30.7 Å². The number of rotatable bonds is 7. The van der Waals surface area contributed by atoms with Gasteiger partial charge in [-0.3, -0.25) is 9.59 Å². The molecule has 1 N–H and O–H groups in total. The molecule has 48 heavy (non-hydrogen) atoms. The lowest BCUT2D eigenvalue weighted by Crippen LogP contribution is -2.31. The highest BCUT2D eigenvalue weighted by Gasteiger charge is 2.46. The Morgan fingerprint density at radius 2 is 1.65 bits per heavy atom. The number of nitrogens with one attached hydrogen (secondary N) is 1. The van der Waals surface area contributed by atoms with Gasteiger partial charge in [-0.05, 0) is 71.7 Å². The largest absolute Gasteiger partial charge is 0.361 e. The number of para-hydroxylation sites is 1. The molecule has 4 aromatic carbocycles. The van der Waals surface area contributed by atoms with Gasteiger partial charge >= 0.3 is 0 Å². The van der Waals surface area contributed by atoms with Crippen molar-refractivity contribution in [2.75, 3.05) is 4.90 Å². The maximum atomic E-state index is 14.9. The van der Waals surface area contributed by atoms with Crippen molar-refractivity contribution < 1.29 is 9.59 Å². The van der Waals surface area contributed by atoms with E-state index in [-0.39, 0.29) is 17.1 Å². The number of halogens is 1. The lowest BCUT2D eigenvalue weighted by atomic mass is 9.74. The molecule has 1 amide bonds. The molecule has 0 spiro atoms. The average molecular weight is 652 g/mol. The van der Waals surface area contributed by atoms with Crippen LogP contribution in [0.4, 0.5) is 5.69 Å². The van der Waals surface area contributed by atoms with Gasteiger partial charge in [0.15, 0.2) is 5.78 Å². The van der Waals surface area contributed by atoms with Gasteiger partial charge in [0.05, 0.1) is 18.2 Å². The summed E-state index contributed by atoms with van der Waals surface area (Å²) in [4.78, 5) is 34.6. The SMILES string of the molecule is Cc1ccc(-c2c(C3C(=O)N(Cc4ccccc4)c4ccc(Cl)cc43)c3c(n2CCc2c[nH]c4ccccc24)CC(C)(C)CC3=O)cc1. The summed E-state index contributed by atoms with van der Waals surface area (Å²) < 4.78 is 2.37. The number of nitrogens with zero attached hydrogens (tertiary/aromatic N) is 2. The van der Waals surface area contributed by atoms with Crippen LogP contribution in [-0.4, -0.2) is 21.2 Å². The van der Waals surface area contributed by atoms with Crippen LogP contribution in [0.5, 0.6) is 0 Å². The normalized spacial score (nSPS) is 16.8. The Bertz CT molecular complexity index is 2210. The number of aryl methyl sites for hydroxylation is 2. The molecule has 2 aliphatic rings. The molecule has 1 aliphatic carbocycles. The second-order valence-electron chi connectivity index (χ2n) is 14.2. The van der Waals surface area contributed by atoms with Crippen molar-refractivity contribution in [2.45, 2.75) is 59.0 Å². The molecule has 6 heteroatoms. The van der Waals surface area contributed by atoms with Crippen molar-refractivity contribution in [1.82, 2.24) is 9.55 Å². The van der Waals surface area contributed by atoms with E-state index >= 15 is 0 Å². The van der Waals surface area contributed by atoms with Gasteiger partial charge in [-0.15, -0.1) is 0 Å². The zero-order valence-electron chi connectivity index (χ0n) is 27.5. The van der Waals surface area contributed by atoms with E-state index in [2.05, 4.69) is 79.0 Å². The number of anilines is 1. The molecular formula is C42H38ClN3O2. The Labute approximate surface area is 286 Å². The zero-order chi connectivity index (χ0) is 33.2. The molecule has 2 aromatic heterocycles. The number of carbonyl (C=O) groups is 2. The summed E-state index contributed by atoms with van der Waals surface area (Å²) in [6, 6.07) is 32.7. The Hall–Kier alpha value is -4.87. The van der Waals surface area contributed by atoms with Gasteiger partial charge in [0, 0.05) is 57.6 Å². The van der Waals surface area contributed by atoms with E-state index < -0.39 is 5.92 Å². The van der Waals surface area contributed by atoms with Crippen molar-refractivity contribution >= 4 is 39.9 Å². The molecule has 240 valence electrons. The molecule has 0 fully saturated rings. The Kier molecular flexibility index (Phi) is 7.41. The molecule has 0 bridgehead atoms. The third-order valence-corrected chi connectivity index (χ3v) is 10.4. The van der Waals surface area contributed by atoms with Crippen molar-refractivity contribution in [3.8, 4) is 11.3 Å². The summed E-state index contributed by atoms with van der Waals surface area (Å²) in [6.07, 6.45) is 4.06. The summed E-state index contributed by atoms with van der Waals surface area (Å²) >= 11 is 6.67. The Morgan fingerprint density at radius 3 is 2.44 bits per heavy atom. The molecule has 0 saturated heterocycles. The smallest absolute Gasteiger partial charge is 0.239 e. The number of aromatic nitrogens is 2. The van der Waals surface area contributed by atoms with E-state index in [9.17, 15) is 9.59 Å². The summed E-state index contributed by atoms with van der Waals surface area (Å²) in [5.41, 5.74) is 10.6. The number of aromatic amines is 1. The first-order valence-electron chi connectivity index (χ1n) is 16.7. The fourth-order valence-corrected chi connectivity index (χ4v) is 8.14. The number of ketones is 1. The standard InChI is InChI=1S/C42H38ClN3O2/c1-26-13-15-28(16-14-26)40-39(37-32-21-30(43)17-18-34(32)46(41(37)48)25-27-9-5-4-6-10-27)38-35(22-42(2,3)23-36(38)47)45(40)20-19-29-24-44-33-12-8-7-11-31(29)33/h4-18,21,24,37,44H,19-20,22-23,25H2,1-3H3. The molecule has 1 aliphatic heterocycles. The minimum absolute atomic E-state index is 0.0290. The fraction of sp³-hybridized carbons (Fsp3) is 0.238. The first kappa shape index (κ1) is 30.5. The predicted molar refractivity (Wildman–Crippen MR) is 194 cm³/mol. The van der Waals surface area contributed by atoms with Gasteiger partial charge in [-0.25, -0.2) is 0 Å². The molecule has 6 aromatic rings. The van der Waals surface area contributed by atoms with Crippen molar-refractivity contribution in [3.05, 3.63) is 147 Å². The van der Waals surface area contributed by atoms with Crippen molar-refractivity contribution in [1.29, 1.82) is 0 Å². The van der Waals surface area contributed by atoms with Crippen LogP contribution in [0.15, 0.2) is 103 Å². The molecule has 0 radical (unpaired) electrons. The van der Waals surface area contributed by atoms with Gasteiger partial charge in [-0.2, -0.15) is 0 Å². The van der Waals surface area contributed by atoms with Crippen LogP contribution in [0.1, 0.15) is 70.1 Å². The minimum atomic E-state index is -0.660. The number of Topliss-reactive ketones (excluding diaryl/α,β-unsaturated/α-hetero) is 1. The van der Waals surface area contributed by atoms with Gasteiger partial charge in [0.1, 0.15) is 0 Å². The number of carbonyl (C=O) groups excluding carboxylic acids is 2. The second-order valence-corrected chi connectivity index (χ2v) is 14.6. The van der Waals surface area contributed by atoms with Crippen LogP contribution >= 0.6 is 11.6 Å². The highest BCUT2D eigenvalue weighted by Crippen LogP contribution is 2.51. The first-order valence-corrected chi connectivity index (χ1v) is 17.1. The third kappa shape index (κ3) is 5.18. The fourth-order valence-electron chi connectivity index (χ4n) is 7.96. The summed E-state index contributed by atoms with van der Waals surface area (Å²) in [6.45, 7) is 7.54. The van der Waals surface area contributed by atoms with Crippen LogP contribution in [0.3, 0.4) is 0 Å². The molecule has 8 rings (SSSR count). The highest BCUT2D eigenvalue weighted by atomic mass is 35.5. The molecule has 1 atom stereocenters. The molecular weight excluding hydrogens is 614 g/mol. The van der Waals surface area contributed by atoms with Crippen LogP contribution < -0.4 is 4.90 Å². The van der Waals surface area contributed by atoms with Gasteiger partial charge in [-0.1, -0.05) is 104 Å². The molecule has 0 saturated carbocycles.